The summed E-state index contributed by atoms with van der Waals surface area (Å²) in [4.78, 5) is 25.9. The number of amides is 1. The molecule has 0 spiro atoms. The first-order chi connectivity index (χ1) is 10.2. The first-order valence-electron chi connectivity index (χ1n) is 7.60. The van der Waals surface area contributed by atoms with Gasteiger partial charge in [0.2, 0.25) is 0 Å². The molecule has 2 saturated heterocycles. The molecule has 9 heteroatoms. The van der Waals surface area contributed by atoms with Crippen molar-refractivity contribution in [2.24, 2.45) is 17.4 Å². The molecular formula is C13H24BN3O5. The van der Waals surface area contributed by atoms with Gasteiger partial charge in [-0.2, -0.15) is 0 Å². The number of carbonyl (C=O) groups is 2. The lowest BCUT2D eigenvalue weighted by atomic mass is 9.74. The van der Waals surface area contributed by atoms with Crippen molar-refractivity contribution in [3.8, 4) is 0 Å². The molecule has 3 atom stereocenters. The van der Waals surface area contributed by atoms with Gasteiger partial charge in [0.15, 0.2) is 5.72 Å². The Bertz CT molecular complexity index is 455. The number of hydrogen-bond acceptors (Lipinski definition) is 7. The van der Waals surface area contributed by atoms with Gasteiger partial charge in [0, 0.05) is 25.6 Å². The second kappa shape index (κ2) is 6.15. The van der Waals surface area contributed by atoms with Crippen LogP contribution in [0.2, 0.25) is 6.32 Å². The lowest BCUT2D eigenvalue weighted by Crippen LogP contribution is -2.59. The molecule has 2 heterocycles. The van der Waals surface area contributed by atoms with Crippen LogP contribution in [0.15, 0.2) is 0 Å². The highest BCUT2D eigenvalue weighted by molar-refractivity contribution is 6.47. The topological polar surface area (TPSA) is 128 Å². The van der Waals surface area contributed by atoms with Crippen LogP contribution >= 0.6 is 0 Å². The van der Waals surface area contributed by atoms with Crippen molar-refractivity contribution in [3.05, 3.63) is 0 Å². The summed E-state index contributed by atoms with van der Waals surface area (Å²) in [7, 11) is -0.596. The first kappa shape index (κ1) is 17.2. The summed E-state index contributed by atoms with van der Waals surface area (Å²) in [6.07, 6.45) is 2.07. The summed E-state index contributed by atoms with van der Waals surface area (Å²) in [6, 6.07) is 0. The molecule has 8 nitrogen and oxygen atoms in total. The summed E-state index contributed by atoms with van der Waals surface area (Å²) >= 11 is 0. The average molecular weight is 313 g/mol. The van der Waals surface area contributed by atoms with Crippen LogP contribution in [0.3, 0.4) is 0 Å². The van der Waals surface area contributed by atoms with E-state index in [0.29, 0.717) is 19.3 Å². The predicted molar refractivity (Wildman–Crippen MR) is 79.3 cm³/mol. The zero-order valence-corrected chi connectivity index (χ0v) is 13.1. The summed E-state index contributed by atoms with van der Waals surface area (Å²) < 4.78 is 10.7. The molecule has 22 heavy (non-hydrogen) atoms. The molecule has 0 aromatic rings. The average Bonchev–Trinajstić information content (AvgIpc) is 2.74. The van der Waals surface area contributed by atoms with Gasteiger partial charge in [-0.05, 0) is 26.6 Å². The van der Waals surface area contributed by atoms with Crippen LogP contribution in [0.4, 0.5) is 0 Å². The van der Waals surface area contributed by atoms with E-state index in [1.54, 1.807) is 0 Å². The highest BCUT2D eigenvalue weighted by atomic mass is 16.6. The van der Waals surface area contributed by atoms with E-state index in [1.807, 2.05) is 6.92 Å². The molecule has 124 valence electrons. The Hall–Kier alpha value is -1.16. The molecule has 0 unspecified atom stereocenters. The van der Waals surface area contributed by atoms with Gasteiger partial charge in [-0.25, -0.2) is 0 Å². The zero-order valence-electron chi connectivity index (χ0n) is 13.1. The van der Waals surface area contributed by atoms with E-state index >= 15 is 0 Å². The zero-order chi connectivity index (χ0) is 16.5. The Morgan fingerprint density at radius 2 is 2.36 bits per heavy atom. The Morgan fingerprint density at radius 3 is 2.95 bits per heavy atom. The predicted octanol–water partition coefficient (Wildman–Crippen LogP) is -1.33. The van der Waals surface area contributed by atoms with Gasteiger partial charge in [0.1, 0.15) is 5.54 Å². The number of aliphatic hydroxyl groups is 1. The Balaban J connectivity index is 2.15. The van der Waals surface area contributed by atoms with Crippen molar-refractivity contribution in [2.45, 2.75) is 44.3 Å². The van der Waals surface area contributed by atoms with Crippen LogP contribution in [-0.2, 0) is 18.9 Å². The minimum Gasteiger partial charge on any atom is -0.508 e. The summed E-state index contributed by atoms with van der Waals surface area (Å²) in [5, 5.41) is 9.66. The molecule has 0 bridgehead atoms. The van der Waals surface area contributed by atoms with E-state index in [1.165, 1.54) is 11.8 Å². The van der Waals surface area contributed by atoms with Crippen LogP contribution in [-0.4, -0.2) is 60.0 Å². The quantitative estimate of drug-likeness (QED) is 0.435. The van der Waals surface area contributed by atoms with Crippen LogP contribution in [0.25, 0.3) is 0 Å². The number of carbonyl (C=O) groups excluding carboxylic acids is 2. The van der Waals surface area contributed by atoms with E-state index in [9.17, 15) is 14.7 Å². The van der Waals surface area contributed by atoms with Crippen LogP contribution < -0.4 is 11.5 Å². The van der Waals surface area contributed by atoms with Gasteiger partial charge < -0.3 is 25.0 Å². The van der Waals surface area contributed by atoms with Crippen LogP contribution in [0.1, 0.15) is 26.7 Å². The van der Waals surface area contributed by atoms with E-state index in [4.69, 9.17) is 20.8 Å². The second-order valence-corrected chi connectivity index (χ2v) is 6.29. The standard InChI is InChI=1S/C13H24BN3O5/c1-3-21-14-6-4-5-9-7-17(10(18)12(2,15)20)8-13(9,16)11(19)22-14/h9,20H,3-8,15-16H2,1-2H3/t9-,12+,13-/m0/s1. The molecule has 2 aliphatic rings. The normalized spacial score (nSPS) is 31.9. The third-order valence-electron chi connectivity index (χ3n) is 4.31. The maximum Gasteiger partial charge on any atom is 0.527 e. The number of nitrogens with two attached hydrogens (primary N) is 2. The smallest absolute Gasteiger partial charge is 0.508 e. The van der Waals surface area contributed by atoms with E-state index in [-0.39, 0.29) is 19.0 Å². The third kappa shape index (κ3) is 3.27. The Kier molecular flexibility index (Phi) is 4.81. The summed E-state index contributed by atoms with van der Waals surface area (Å²) in [6.45, 7) is 3.76. The lowest BCUT2D eigenvalue weighted by Gasteiger charge is -2.31. The molecule has 0 aliphatic carbocycles. The van der Waals surface area contributed by atoms with Gasteiger partial charge >= 0.3 is 13.1 Å². The number of likely N-dealkylation sites (tertiary alicyclic amines) is 1. The largest absolute Gasteiger partial charge is 0.527 e. The summed E-state index contributed by atoms with van der Waals surface area (Å²) in [5.41, 5.74) is 8.44. The molecule has 0 aromatic heterocycles. The van der Waals surface area contributed by atoms with Crippen molar-refractivity contribution in [3.63, 3.8) is 0 Å². The Morgan fingerprint density at radius 1 is 1.68 bits per heavy atom. The van der Waals surface area contributed by atoms with Crippen molar-refractivity contribution in [2.75, 3.05) is 19.7 Å². The van der Waals surface area contributed by atoms with Crippen molar-refractivity contribution in [1.82, 2.24) is 4.90 Å². The summed E-state index contributed by atoms with van der Waals surface area (Å²) in [5.74, 6) is -1.42. The highest BCUT2D eigenvalue weighted by Gasteiger charge is 2.54. The molecule has 2 fully saturated rings. The molecule has 0 saturated carbocycles. The number of rotatable bonds is 3. The number of nitrogens with zero attached hydrogens (tertiary/aromatic N) is 1. The van der Waals surface area contributed by atoms with Crippen LogP contribution in [0.5, 0.6) is 0 Å². The van der Waals surface area contributed by atoms with Crippen molar-refractivity contribution < 1.29 is 24.0 Å². The monoisotopic (exact) mass is 313 g/mol. The Labute approximate surface area is 130 Å². The van der Waals surface area contributed by atoms with Crippen molar-refractivity contribution >= 4 is 19.0 Å². The molecule has 0 radical (unpaired) electrons. The molecule has 2 rings (SSSR count). The van der Waals surface area contributed by atoms with E-state index in [0.717, 1.165) is 6.42 Å². The molecule has 0 aromatic carbocycles. The van der Waals surface area contributed by atoms with Gasteiger partial charge in [-0.3, -0.25) is 15.3 Å². The van der Waals surface area contributed by atoms with Crippen molar-refractivity contribution in [1.29, 1.82) is 0 Å². The lowest BCUT2D eigenvalue weighted by molar-refractivity contribution is -0.149. The van der Waals surface area contributed by atoms with Crippen LogP contribution in [0, 0.1) is 5.92 Å². The van der Waals surface area contributed by atoms with Gasteiger partial charge in [0.05, 0.1) is 0 Å². The minimum absolute atomic E-state index is 0.0124. The maximum atomic E-state index is 12.4. The highest BCUT2D eigenvalue weighted by Crippen LogP contribution is 2.34. The van der Waals surface area contributed by atoms with Gasteiger partial charge in [-0.1, -0.05) is 6.42 Å². The van der Waals surface area contributed by atoms with E-state index < -0.39 is 30.3 Å². The van der Waals surface area contributed by atoms with Gasteiger partial charge in [0.25, 0.3) is 5.91 Å². The van der Waals surface area contributed by atoms with Gasteiger partial charge in [-0.15, -0.1) is 0 Å². The maximum absolute atomic E-state index is 12.4. The molecule has 2 aliphatic heterocycles. The number of fused-ring (bicyclic) bond motifs is 1. The number of hydrogen-bond donors (Lipinski definition) is 3. The fourth-order valence-corrected chi connectivity index (χ4v) is 3.12. The fraction of sp³-hybridized carbons (Fsp3) is 0.846. The SMILES string of the molecule is CCOB1CCC[C@H]2CN(C(=O)[C@](C)(N)O)C[C@@]2(N)C(=O)O1. The molecule has 5 N–H and O–H groups in total. The second-order valence-electron chi connectivity index (χ2n) is 6.29. The third-order valence-corrected chi connectivity index (χ3v) is 4.31. The molecular weight excluding hydrogens is 289 g/mol. The van der Waals surface area contributed by atoms with E-state index in [2.05, 4.69) is 0 Å². The first-order valence-corrected chi connectivity index (χ1v) is 7.60. The minimum atomic E-state index is -1.98. The fourth-order valence-electron chi connectivity index (χ4n) is 3.12. The molecule has 1 amide bonds.